The Morgan fingerprint density at radius 2 is 2.08 bits per heavy atom. The van der Waals surface area contributed by atoms with E-state index >= 15 is 0 Å². The molecule has 1 aromatic heterocycles. The Morgan fingerprint density at radius 1 is 1.38 bits per heavy atom. The monoisotopic (exact) mass is 244 g/mol. The number of nitrogens with one attached hydrogen (secondary N) is 2. The molecule has 13 heavy (non-hydrogen) atoms. The van der Waals surface area contributed by atoms with Crippen molar-refractivity contribution in [2.45, 2.75) is 6.92 Å². The van der Waals surface area contributed by atoms with Crippen molar-refractivity contribution in [2.24, 2.45) is 0 Å². The van der Waals surface area contributed by atoms with E-state index in [1.807, 2.05) is 6.92 Å². The lowest BCUT2D eigenvalue weighted by molar-refractivity contribution is 0.584. The largest absolute Gasteiger partial charge is 0.352 e. The second-order valence-corrected chi connectivity index (χ2v) is 4.02. The summed E-state index contributed by atoms with van der Waals surface area (Å²) >= 11 is 3.53. The first-order valence-corrected chi connectivity index (χ1v) is 5.24. The van der Waals surface area contributed by atoms with Crippen molar-refractivity contribution < 1.29 is 0 Å². The predicted molar refractivity (Wildman–Crippen MR) is 56.1 cm³/mol. The number of anilines is 1. The van der Waals surface area contributed by atoms with Crippen LogP contribution in [0.2, 0.25) is 0 Å². The van der Waals surface area contributed by atoms with E-state index in [2.05, 4.69) is 36.3 Å². The normalized spacial score (nSPS) is 17.8. The molecular weight excluding hydrogens is 232 g/mol. The average Bonchev–Trinajstić information content (AvgIpc) is 2.49. The summed E-state index contributed by atoms with van der Waals surface area (Å²) in [6.45, 7) is 6.16. The average molecular weight is 245 g/mol. The molecule has 5 heteroatoms. The maximum absolute atomic E-state index is 4.27. The molecule has 0 bridgehead atoms. The highest BCUT2D eigenvalue weighted by molar-refractivity contribution is 9.10. The van der Waals surface area contributed by atoms with Crippen molar-refractivity contribution in [2.75, 3.05) is 31.1 Å². The third-order valence-corrected chi connectivity index (χ3v) is 3.22. The number of aromatic nitrogens is 2. The molecule has 1 saturated heterocycles. The zero-order chi connectivity index (χ0) is 9.26. The highest BCUT2D eigenvalue weighted by Gasteiger charge is 2.16. The minimum atomic E-state index is 1.03. The van der Waals surface area contributed by atoms with Crippen molar-refractivity contribution in [1.29, 1.82) is 0 Å². The fourth-order valence-corrected chi connectivity index (χ4v) is 1.92. The Hall–Kier alpha value is -0.550. The van der Waals surface area contributed by atoms with E-state index < -0.39 is 0 Å². The van der Waals surface area contributed by atoms with Gasteiger partial charge in [-0.05, 0) is 22.9 Å². The molecule has 0 radical (unpaired) electrons. The van der Waals surface area contributed by atoms with E-state index in [0.717, 1.165) is 42.2 Å². The fourth-order valence-electron chi connectivity index (χ4n) is 1.49. The number of rotatable bonds is 1. The van der Waals surface area contributed by atoms with Crippen LogP contribution in [0.15, 0.2) is 4.47 Å². The van der Waals surface area contributed by atoms with Gasteiger partial charge in [-0.2, -0.15) is 5.10 Å². The van der Waals surface area contributed by atoms with Gasteiger partial charge in [-0.15, -0.1) is 0 Å². The van der Waals surface area contributed by atoms with E-state index in [1.54, 1.807) is 0 Å². The molecule has 0 amide bonds. The van der Waals surface area contributed by atoms with Gasteiger partial charge in [0, 0.05) is 31.9 Å². The van der Waals surface area contributed by atoms with E-state index in [9.17, 15) is 0 Å². The van der Waals surface area contributed by atoms with E-state index in [4.69, 9.17) is 0 Å². The molecular formula is C8H13BrN4. The molecule has 1 aliphatic heterocycles. The molecule has 1 aliphatic rings. The summed E-state index contributed by atoms with van der Waals surface area (Å²) in [5.74, 6) is 1.04. The van der Waals surface area contributed by atoms with Crippen LogP contribution in [0.3, 0.4) is 0 Å². The minimum absolute atomic E-state index is 1.03. The van der Waals surface area contributed by atoms with Crippen LogP contribution < -0.4 is 10.2 Å². The van der Waals surface area contributed by atoms with Gasteiger partial charge in [0.05, 0.1) is 4.47 Å². The summed E-state index contributed by atoms with van der Waals surface area (Å²) in [4.78, 5) is 2.28. The Labute approximate surface area is 85.8 Å². The fraction of sp³-hybridized carbons (Fsp3) is 0.625. The zero-order valence-corrected chi connectivity index (χ0v) is 9.19. The lowest BCUT2D eigenvalue weighted by atomic mass is 10.3. The number of hydrogen-bond donors (Lipinski definition) is 2. The molecule has 2 N–H and O–H groups in total. The number of nitrogens with zero attached hydrogens (tertiary/aromatic N) is 2. The topological polar surface area (TPSA) is 44.0 Å². The third-order valence-electron chi connectivity index (χ3n) is 2.27. The Kier molecular flexibility index (Phi) is 2.55. The van der Waals surface area contributed by atoms with Crippen LogP contribution in [-0.4, -0.2) is 36.4 Å². The van der Waals surface area contributed by atoms with Crippen LogP contribution in [0.1, 0.15) is 5.69 Å². The molecule has 0 aromatic carbocycles. The molecule has 72 valence electrons. The van der Waals surface area contributed by atoms with Crippen LogP contribution in [-0.2, 0) is 0 Å². The van der Waals surface area contributed by atoms with Crippen molar-refractivity contribution >= 4 is 21.7 Å². The number of piperazine rings is 1. The van der Waals surface area contributed by atoms with Crippen LogP contribution in [0, 0.1) is 6.92 Å². The summed E-state index contributed by atoms with van der Waals surface area (Å²) in [6, 6.07) is 0. The van der Waals surface area contributed by atoms with Crippen molar-refractivity contribution in [3.05, 3.63) is 10.2 Å². The molecule has 0 atom stereocenters. The SMILES string of the molecule is Cc1[nH]nc(N2CCNCC2)c1Br. The number of aryl methyl sites for hydroxylation is 1. The molecule has 2 heterocycles. The highest BCUT2D eigenvalue weighted by Crippen LogP contribution is 2.26. The van der Waals surface area contributed by atoms with Gasteiger partial charge < -0.3 is 10.2 Å². The molecule has 2 rings (SSSR count). The first kappa shape index (κ1) is 9.02. The first-order chi connectivity index (χ1) is 6.29. The van der Waals surface area contributed by atoms with Crippen molar-refractivity contribution in [1.82, 2.24) is 15.5 Å². The molecule has 0 spiro atoms. The van der Waals surface area contributed by atoms with E-state index in [1.165, 1.54) is 0 Å². The van der Waals surface area contributed by atoms with Crippen LogP contribution in [0.5, 0.6) is 0 Å². The van der Waals surface area contributed by atoms with Crippen LogP contribution in [0.4, 0.5) is 5.82 Å². The minimum Gasteiger partial charge on any atom is -0.352 e. The summed E-state index contributed by atoms with van der Waals surface area (Å²) < 4.78 is 1.09. The highest BCUT2D eigenvalue weighted by atomic mass is 79.9. The van der Waals surface area contributed by atoms with Gasteiger partial charge in [0.2, 0.25) is 0 Å². The summed E-state index contributed by atoms with van der Waals surface area (Å²) in [5.41, 5.74) is 1.09. The van der Waals surface area contributed by atoms with Gasteiger partial charge in [0.25, 0.3) is 0 Å². The van der Waals surface area contributed by atoms with Gasteiger partial charge in [-0.25, -0.2) is 0 Å². The van der Waals surface area contributed by atoms with Gasteiger partial charge >= 0.3 is 0 Å². The Balaban J connectivity index is 2.18. The predicted octanol–water partition coefficient (Wildman–Crippen LogP) is 0.890. The van der Waals surface area contributed by atoms with E-state index in [-0.39, 0.29) is 0 Å². The Morgan fingerprint density at radius 3 is 2.62 bits per heavy atom. The number of hydrogen-bond acceptors (Lipinski definition) is 3. The maximum Gasteiger partial charge on any atom is 0.165 e. The summed E-state index contributed by atoms with van der Waals surface area (Å²) in [6.07, 6.45) is 0. The summed E-state index contributed by atoms with van der Waals surface area (Å²) in [7, 11) is 0. The second kappa shape index (κ2) is 3.67. The van der Waals surface area contributed by atoms with Gasteiger partial charge in [0.1, 0.15) is 0 Å². The zero-order valence-electron chi connectivity index (χ0n) is 7.60. The quantitative estimate of drug-likeness (QED) is 0.772. The van der Waals surface area contributed by atoms with Crippen molar-refractivity contribution in [3.63, 3.8) is 0 Å². The lowest BCUT2D eigenvalue weighted by Crippen LogP contribution is -2.43. The van der Waals surface area contributed by atoms with Gasteiger partial charge in [0.15, 0.2) is 5.82 Å². The molecule has 0 saturated carbocycles. The second-order valence-electron chi connectivity index (χ2n) is 3.22. The van der Waals surface area contributed by atoms with Crippen molar-refractivity contribution in [3.8, 4) is 0 Å². The van der Waals surface area contributed by atoms with E-state index in [0.29, 0.717) is 0 Å². The van der Waals surface area contributed by atoms with Gasteiger partial charge in [-0.1, -0.05) is 0 Å². The molecule has 0 unspecified atom stereocenters. The number of halogens is 1. The molecule has 0 aliphatic carbocycles. The van der Waals surface area contributed by atoms with Gasteiger partial charge in [-0.3, -0.25) is 5.10 Å². The molecule has 4 nitrogen and oxygen atoms in total. The third kappa shape index (κ3) is 1.71. The first-order valence-electron chi connectivity index (χ1n) is 4.45. The number of aromatic amines is 1. The lowest BCUT2D eigenvalue weighted by Gasteiger charge is -2.27. The number of H-pyrrole nitrogens is 1. The van der Waals surface area contributed by atoms with Crippen LogP contribution >= 0.6 is 15.9 Å². The summed E-state index contributed by atoms with van der Waals surface area (Å²) in [5, 5.41) is 10.6. The molecule has 1 fully saturated rings. The standard InChI is InChI=1S/C8H13BrN4/c1-6-7(9)8(12-11-6)13-4-2-10-3-5-13/h10H,2-5H2,1H3,(H,11,12). The van der Waals surface area contributed by atoms with Crippen LogP contribution in [0.25, 0.3) is 0 Å². The maximum atomic E-state index is 4.27. The smallest absolute Gasteiger partial charge is 0.165 e. The molecule has 1 aromatic rings. The Bertz CT molecular complexity index is 290.